The Balaban J connectivity index is 1.82. The van der Waals surface area contributed by atoms with Gasteiger partial charge in [-0.05, 0) is 26.0 Å². The smallest absolute Gasteiger partial charge is 0.239 e. The lowest BCUT2D eigenvalue weighted by Gasteiger charge is -2.08. The molecule has 0 atom stereocenters. The Bertz CT molecular complexity index is 713. The number of nitrogens with zero attached hydrogens (tertiary/aromatic N) is 1. The van der Waals surface area contributed by atoms with Gasteiger partial charge in [0.25, 0.3) is 0 Å². The maximum Gasteiger partial charge on any atom is 0.239 e. The van der Waals surface area contributed by atoms with E-state index in [1.54, 1.807) is 12.3 Å². The van der Waals surface area contributed by atoms with E-state index in [0.29, 0.717) is 23.1 Å². The average molecular weight is 350 g/mol. The zero-order valence-electron chi connectivity index (χ0n) is 13.6. The number of rotatable bonds is 7. The quantitative estimate of drug-likeness (QED) is 0.804. The van der Waals surface area contributed by atoms with E-state index in [4.69, 9.17) is 16.0 Å². The first-order valence-corrected chi connectivity index (χ1v) is 8.09. The summed E-state index contributed by atoms with van der Waals surface area (Å²) in [6, 6.07) is 7.36. The van der Waals surface area contributed by atoms with E-state index in [1.807, 2.05) is 32.0 Å². The van der Waals surface area contributed by atoms with Crippen LogP contribution in [0.3, 0.4) is 0 Å². The van der Waals surface area contributed by atoms with Gasteiger partial charge in [0.15, 0.2) is 11.7 Å². The Kier molecular flexibility index (Phi) is 6.37. The first kappa shape index (κ1) is 18.0. The Morgan fingerprint density at radius 3 is 2.71 bits per heavy atom. The van der Waals surface area contributed by atoms with Gasteiger partial charge >= 0.3 is 0 Å². The molecule has 2 aromatic rings. The largest absolute Gasteiger partial charge is 0.441 e. The standard InChI is InChI=1S/C17H20ClN3O3/c1-11(2)21-16(23)10-19-15(22)7-8-17-20-9-14(24-17)12-5-3-4-6-13(12)18/h3-6,9,11H,7-8,10H2,1-2H3,(H,19,22)(H,21,23). The van der Waals surface area contributed by atoms with Crippen molar-refractivity contribution in [2.75, 3.05) is 6.54 Å². The van der Waals surface area contributed by atoms with E-state index in [1.165, 1.54) is 0 Å². The van der Waals surface area contributed by atoms with Crippen LogP contribution < -0.4 is 10.6 Å². The first-order valence-electron chi connectivity index (χ1n) is 7.71. The van der Waals surface area contributed by atoms with Gasteiger partial charge in [0.2, 0.25) is 11.8 Å². The first-order chi connectivity index (χ1) is 11.5. The van der Waals surface area contributed by atoms with E-state index < -0.39 is 0 Å². The van der Waals surface area contributed by atoms with Gasteiger partial charge in [-0.25, -0.2) is 4.98 Å². The highest BCUT2D eigenvalue weighted by Gasteiger charge is 2.12. The fraction of sp³-hybridized carbons (Fsp3) is 0.353. The molecule has 0 bridgehead atoms. The monoisotopic (exact) mass is 349 g/mol. The molecular formula is C17H20ClN3O3. The van der Waals surface area contributed by atoms with E-state index in [9.17, 15) is 9.59 Å². The molecule has 0 fully saturated rings. The molecule has 0 saturated carbocycles. The molecule has 0 aliphatic heterocycles. The predicted molar refractivity (Wildman–Crippen MR) is 91.6 cm³/mol. The van der Waals surface area contributed by atoms with Crippen LogP contribution in [0.2, 0.25) is 5.02 Å². The second-order valence-corrected chi connectivity index (χ2v) is 6.00. The molecule has 1 heterocycles. The average Bonchev–Trinajstić information content (AvgIpc) is 2.99. The summed E-state index contributed by atoms with van der Waals surface area (Å²) in [5, 5.41) is 5.84. The second-order valence-electron chi connectivity index (χ2n) is 5.60. The van der Waals surface area contributed by atoms with Crippen LogP contribution >= 0.6 is 11.6 Å². The lowest BCUT2D eigenvalue weighted by Crippen LogP contribution is -2.39. The number of aryl methyl sites for hydroxylation is 1. The van der Waals surface area contributed by atoms with Crippen molar-refractivity contribution >= 4 is 23.4 Å². The number of aromatic nitrogens is 1. The number of benzene rings is 1. The zero-order chi connectivity index (χ0) is 17.5. The minimum absolute atomic E-state index is 0.0343. The topological polar surface area (TPSA) is 84.2 Å². The molecular weight excluding hydrogens is 330 g/mol. The van der Waals surface area contributed by atoms with Gasteiger partial charge in [0.1, 0.15) is 0 Å². The summed E-state index contributed by atoms with van der Waals surface area (Å²) in [5.74, 6) is 0.570. The summed E-state index contributed by atoms with van der Waals surface area (Å²) in [7, 11) is 0. The molecule has 2 N–H and O–H groups in total. The molecule has 1 aromatic carbocycles. The molecule has 1 aromatic heterocycles. The van der Waals surface area contributed by atoms with Crippen LogP contribution in [0.25, 0.3) is 11.3 Å². The van der Waals surface area contributed by atoms with Crippen LogP contribution in [0, 0.1) is 0 Å². The summed E-state index contributed by atoms with van der Waals surface area (Å²) in [6.45, 7) is 3.69. The van der Waals surface area contributed by atoms with Crippen LogP contribution in [-0.4, -0.2) is 29.4 Å². The van der Waals surface area contributed by atoms with E-state index >= 15 is 0 Å². The molecule has 2 amide bonds. The van der Waals surface area contributed by atoms with Gasteiger partial charge in [0.05, 0.1) is 17.8 Å². The minimum atomic E-state index is -0.230. The third-order valence-corrected chi connectivity index (χ3v) is 3.48. The third kappa shape index (κ3) is 5.38. The van der Waals surface area contributed by atoms with Gasteiger partial charge < -0.3 is 15.1 Å². The molecule has 0 radical (unpaired) electrons. The molecule has 7 heteroatoms. The number of amides is 2. The van der Waals surface area contributed by atoms with Gasteiger partial charge in [-0.15, -0.1) is 0 Å². The molecule has 6 nitrogen and oxygen atoms in total. The zero-order valence-corrected chi connectivity index (χ0v) is 14.4. The summed E-state index contributed by atoms with van der Waals surface area (Å²) < 4.78 is 5.62. The number of carbonyl (C=O) groups excluding carboxylic acids is 2. The Labute approximate surface area is 145 Å². The van der Waals surface area contributed by atoms with Crippen LogP contribution in [0.15, 0.2) is 34.9 Å². The summed E-state index contributed by atoms with van der Waals surface area (Å²) in [6.07, 6.45) is 2.13. The van der Waals surface area contributed by atoms with E-state index in [-0.39, 0.29) is 30.8 Å². The molecule has 0 aliphatic carbocycles. The van der Waals surface area contributed by atoms with Crippen molar-refractivity contribution in [3.05, 3.63) is 41.4 Å². The Hall–Kier alpha value is -2.34. The molecule has 24 heavy (non-hydrogen) atoms. The number of halogens is 1. The lowest BCUT2D eigenvalue weighted by molar-refractivity contribution is -0.126. The normalized spacial score (nSPS) is 10.7. The van der Waals surface area contributed by atoms with E-state index in [0.717, 1.165) is 5.56 Å². The van der Waals surface area contributed by atoms with Crippen molar-refractivity contribution in [1.29, 1.82) is 0 Å². The second kappa shape index (κ2) is 8.49. The lowest BCUT2D eigenvalue weighted by atomic mass is 10.2. The molecule has 128 valence electrons. The van der Waals surface area contributed by atoms with Crippen molar-refractivity contribution in [1.82, 2.24) is 15.6 Å². The minimum Gasteiger partial charge on any atom is -0.441 e. The number of oxazole rings is 1. The van der Waals surface area contributed by atoms with Crippen LogP contribution in [-0.2, 0) is 16.0 Å². The predicted octanol–water partition coefficient (Wildman–Crippen LogP) is 2.57. The maximum absolute atomic E-state index is 11.8. The highest BCUT2D eigenvalue weighted by Crippen LogP contribution is 2.28. The number of carbonyl (C=O) groups is 2. The van der Waals surface area contributed by atoms with Gasteiger partial charge in [-0.3, -0.25) is 9.59 Å². The van der Waals surface area contributed by atoms with Crippen LogP contribution in [0.5, 0.6) is 0 Å². The van der Waals surface area contributed by atoms with Crippen molar-refractivity contribution < 1.29 is 14.0 Å². The molecule has 0 spiro atoms. The van der Waals surface area contributed by atoms with Crippen molar-refractivity contribution in [2.45, 2.75) is 32.7 Å². The summed E-state index contributed by atoms with van der Waals surface area (Å²) in [4.78, 5) is 27.4. The van der Waals surface area contributed by atoms with Gasteiger partial charge in [-0.2, -0.15) is 0 Å². The molecule has 2 rings (SSSR count). The molecule has 0 aliphatic rings. The molecule has 0 saturated heterocycles. The van der Waals surface area contributed by atoms with Crippen molar-refractivity contribution in [3.63, 3.8) is 0 Å². The SMILES string of the molecule is CC(C)NC(=O)CNC(=O)CCc1ncc(-c2ccccc2Cl)o1. The van der Waals surface area contributed by atoms with Gasteiger partial charge in [0, 0.05) is 24.4 Å². The highest BCUT2D eigenvalue weighted by atomic mass is 35.5. The summed E-state index contributed by atoms with van der Waals surface area (Å²) >= 11 is 6.11. The summed E-state index contributed by atoms with van der Waals surface area (Å²) in [5.41, 5.74) is 0.757. The maximum atomic E-state index is 11.8. The van der Waals surface area contributed by atoms with Crippen LogP contribution in [0.1, 0.15) is 26.2 Å². The van der Waals surface area contributed by atoms with Crippen molar-refractivity contribution in [3.8, 4) is 11.3 Å². The van der Waals surface area contributed by atoms with E-state index in [2.05, 4.69) is 15.6 Å². The van der Waals surface area contributed by atoms with Crippen LogP contribution in [0.4, 0.5) is 0 Å². The highest BCUT2D eigenvalue weighted by molar-refractivity contribution is 6.33. The fourth-order valence-electron chi connectivity index (χ4n) is 2.07. The Morgan fingerprint density at radius 2 is 2.00 bits per heavy atom. The number of hydrogen-bond acceptors (Lipinski definition) is 4. The van der Waals surface area contributed by atoms with Gasteiger partial charge in [-0.1, -0.05) is 23.7 Å². The third-order valence-electron chi connectivity index (χ3n) is 3.15. The number of hydrogen-bond donors (Lipinski definition) is 2. The fourth-order valence-corrected chi connectivity index (χ4v) is 2.30. The molecule has 0 unspecified atom stereocenters. The Morgan fingerprint density at radius 1 is 1.25 bits per heavy atom. The number of nitrogens with one attached hydrogen (secondary N) is 2. The van der Waals surface area contributed by atoms with Crippen molar-refractivity contribution in [2.24, 2.45) is 0 Å².